The van der Waals surface area contributed by atoms with Crippen molar-refractivity contribution in [2.24, 2.45) is 5.92 Å². The molecule has 2 radical (unpaired) electrons. The van der Waals surface area contributed by atoms with Gasteiger partial charge >= 0.3 is 0 Å². The summed E-state index contributed by atoms with van der Waals surface area (Å²) in [6.45, 7) is 0. The number of aliphatic hydroxyl groups excluding tert-OH is 1. The first-order valence-corrected chi connectivity index (χ1v) is 5.51. The summed E-state index contributed by atoms with van der Waals surface area (Å²) in [5.74, 6) is 0.181. The summed E-state index contributed by atoms with van der Waals surface area (Å²) in [5, 5.41) is 9.15. The van der Waals surface area contributed by atoms with Crippen LogP contribution in [0.4, 0.5) is 0 Å². The van der Waals surface area contributed by atoms with Crippen molar-refractivity contribution in [1.29, 1.82) is 0 Å². The summed E-state index contributed by atoms with van der Waals surface area (Å²) in [6.07, 6.45) is 3.09. The molecule has 0 bridgehead atoms. The molecule has 1 rings (SSSR count). The van der Waals surface area contributed by atoms with Crippen LogP contribution in [0.15, 0.2) is 0 Å². The van der Waals surface area contributed by atoms with E-state index in [2.05, 4.69) is 22.6 Å². The van der Waals surface area contributed by atoms with Crippen LogP contribution in [0.5, 0.6) is 0 Å². The second-order valence-electron chi connectivity index (χ2n) is 3.11. The van der Waals surface area contributed by atoms with Gasteiger partial charge < -0.3 is 5.11 Å². The van der Waals surface area contributed by atoms with E-state index in [4.69, 9.17) is 24.6 Å². The Labute approximate surface area is 87.4 Å². The van der Waals surface area contributed by atoms with Crippen molar-refractivity contribution >= 4 is 42.0 Å². The number of hydrogen-bond donors (Lipinski definition) is 1. The standard InChI is InChI=1S/C7H11BClIO/c8-6-2-1-4(10)3-5(6)7(9)11/h4-7,11H,1-3H2. The minimum absolute atomic E-state index is 0.0901. The van der Waals surface area contributed by atoms with Crippen LogP contribution in [0.1, 0.15) is 19.3 Å². The Kier molecular flexibility index (Phi) is 3.99. The molecule has 11 heavy (non-hydrogen) atoms. The predicted molar refractivity (Wildman–Crippen MR) is 56.5 cm³/mol. The van der Waals surface area contributed by atoms with Crippen LogP contribution in [0, 0.1) is 5.92 Å². The van der Waals surface area contributed by atoms with E-state index in [1.165, 1.54) is 0 Å². The van der Waals surface area contributed by atoms with Crippen LogP contribution in [0.25, 0.3) is 0 Å². The summed E-state index contributed by atoms with van der Waals surface area (Å²) in [7, 11) is 5.79. The molecular formula is C7H11BClIO. The highest BCUT2D eigenvalue weighted by Gasteiger charge is 2.29. The molecule has 0 amide bonds. The van der Waals surface area contributed by atoms with Crippen molar-refractivity contribution in [2.45, 2.75) is 34.6 Å². The van der Waals surface area contributed by atoms with Crippen LogP contribution in [0.2, 0.25) is 5.82 Å². The Morgan fingerprint density at radius 2 is 2.18 bits per heavy atom. The second-order valence-corrected chi connectivity index (χ2v) is 5.32. The Hall–Kier alpha value is 1.04. The minimum atomic E-state index is -0.762. The molecule has 62 valence electrons. The average molecular weight is 284 g/mol. The van der Waals surface area contributed by atoms with Crippen LogP contribution < -0.4 is 0 Å². The molecule has 0 heterocycles. The quantitative estimate of drug-likeness (QED) is 0.444. The topological polar surface area (TPSA) is 20.2 Å². The lowest BCUT2D eigenvalue weighted by Crippen LogP contribution is -2.28. The van der Waals surface area contributed by atoms with Crippen molar-refractivity contribution < 1.29 is 5.11 Å². The monoisotopic (exact) mass is 284 g/mol. The van der Waals surface area contributed by atoms with Gasteiger partial charge in [0, 0.05) is 3.92 Å². The molecule has 1 nitrogen and oxygen atoms in total. The smallest absolute Gasteiger partial charge is 0.130 e. The van der Waals surface area contributed by atoms with E-state index in [9.17, 15) is 0 Å². The summed E-state index contributed by atoms with van der Waals surface area (Å²) in [4.78, 5) is 0. The van der Waals surface area contributed by atoms with Crippen LogP contribution >= 0.6 is 34.2 Å². The summed E-state index contributed by atoms with van der Waals surface area (Å²) in [6, 6.07) is 0. The molecule has 0 aromatic carbocycles. The molecule has 0 aromatic heterocycles. The fourth-order valence-electron chi connectivity index (χ4n) is 1.49. The number of halogens is 2. The van der Waals surface area contributed by atoms with Gasteiger partial charge in [0.15, 0.2) is 0 Å². The fraction of sp³-hybridized carbons (Fsp3) is 1.00. The number of rotatable bonds is 1. The van der Waals surface area contributed by atoms with Gasteiger partial charge in [-0.1, -0.05) is 46.4 Å². The van der Waals surface area contributed by atoms with E-state index in [1.54, 1.807) is 0 Å². The first-order valence-electron chi connectivity index (χ1n) is 3.83. The maximum atomic E-state index is 9.15. The lowest BCUT2D eigenvalue weighted by atomic mass is 9.68. The van der Waals surface area contributed by atoms with Gasteiger partial charge in [-0.2, -0.15) is 0 Å². The third kappa shape index (κ3) is 2.78. The molecule has 4 unspecified atom stereocenters. The van der Waals surface area contributed by atoms with Crippen LogP contribution in [-0.4, -0.2) is 22.4 Å². The molecule has 0 saturated heterocycles. The predicted octanol–water partition coefficient (Wildman–Crippen LogP) is 2.10. The molecule has 1 fully saturated rings. The SMILES string of the molecule is [B]C1CCC(I)CC1C(O)Cl. The third-order valence-corrected chi connectivity index (χ3v) is 3.70. The van der Waals surface area contributed by atoms with Crippen molar-refractivity contribution in [3.63, 3.8) is 0 Å². The van der Waals surface area contributed by atoms with E-state index >= 15 is 0 Å². The largest absolute Gasteiger partial charge is 0.377 e. The fourth-order valence-corrected chi connectivity index (χ4v) is 2.73. The molecule has 1 saturated carbocycles. The van der Waals surface area contributed by atoms with Crippen molar-refractivity contribution in [2.75, 3.05) is 0 Å². The highest BCUT2D eigenvalue weighted by atomic mass is 127. The number of aliphatic hydroxyl groups is 1. The molecule has 1 aliphatic rings. The zero-order valence-corrected chi connectivity index (χ0v) is 9.12. The summed E-state index contributed by atoms with van der Waals surface area (Å²) < 4.78 is 0.630. The summed E-state index contributed by atoms with van der Waals surface area (Å²) in [5.41, 5.74) is -0.762. The van der Waals surface area contributed by atoms with Crippen molar-refractivity contribution in [3.05, 3.63) is 0 Å². The molecule has 0 aromatic rings. The van der Waals surface area contributed by atoms with E-state index in [-0.39, 0.29) is 11.7 Å². The molecule has 1 aliphatic carbocycles. The first-order chi connectivity index (χ1) is 5.11. The van der Waals surface area contributed by atoms with Crippen molar-refractivity contribution in [3.8, 4) is 0 Å². The van der Waals surface area contributed by atoms with E-state index in [1.807, 2.05) is 0 Å². The average Bonchev–Trinajstić information content (AvgIpc) is 1.94. The molecule has 0 aliphatic heterocycles. The lowest BCUT2D eigenvalue weighted by molar-refractivity contribution is 0.157. The Balaban J connectivity index is 2.47. The highest BCUT2D eigenvalue weighted by molar-refractivity contribution is 14.1. The zero-order chi connectivity index (χ0) is 8.43. The molecule has 4 atom stereocenters. The van der Waals surface area contributed by atoms with Gasteiger partial charge in [0.2, 0.25) is 0 Å². The molecule has 1 N–H and O–H groups in total. The van der Waals surface area contributed by atoms with Gasteiger partial charge in [0.1, 0.15) is 5.56 Å². The van der Waals surface area contributed by atoms with E-state index < -0.39 is 5.56 Å². The second kappa shape index (κ2) is 4.33. The maximum Gasteiger partial charge on any atom is 0.130 e. The zero-order valence-electron chi connectivity index (χ0n) is 6.21. The Morgan fingerprint density at radius 1 is 1.55 bits per heavy atom. The highest BCUT2D eigenvalue weighted by Crippen LogP contribution is 2.38. The van der Waals surface area contributed by atoms with Crippen molar-refractivity contribution in [1.82, 2.24) is 0 Å². The van der Waals surface area contributed by atoms with Gasteiger partial charge in [0.25, 0.3) is 0 Å². The van der Waals surface area contributed by atoms with E-state index in [0.717, 1.165) is 19.3 Å². The number of alkyl halides is 2. The van der Waals surface area contributed by atoms with Gasteiger partial charge in [-0.05, 0) is 18.8 Å². The van der Waals surface area contributed by atoms with Gasteiger partial charge in [-0.15, -0.1) is 0 Å². The van der Waals surface area contributed by atoms with Crippen LogP contribution in [0.3, 0.4) is 0 Å². The summed E-state index contributed by atoms with van der Waals surface area (Å²) >= 11 is 7.98. The normalized spacial score (nSPS) is 41.9. The molecule has 4 heteroatoms. The minimum Gasteiger partial charge on any atom is -0.377 e. The molecule has 0 spiro atoms. The first kappa shape index (κ1) is 10.1. The van der Waals surface area contributed by atoms with Gasteiger partial charge in [0.05, 0.1) is 7.85 Å². The maximum absolute atomic E-state index is 9.15. The lowest BCUT2D eigenvalue weighted by Gasteiger charge is -2.33. The van der Waals surface area contributed by atoms with Gasteiger partial charge in [-0.3, -0.25) is 0 Å². The Morgan fingerprint density at radius 3 is 2.64 bits per heavy atom. The Bertz CT molecular complexity index is 134. The van der Waals surface area contributed by atoms with Gasteiger partial charge in [-0.25, -0.2) is 0 Å². The van der Waals surface area contributed by atoms with E-state index in [0.29, 0.717) is 3.92 Å². The third-order valence-electron chi connectivity index (χ3n) is 2.24. The van der Waals surface area contributed by atoms with Crippen LogP contribution in [-0.2, 0) is 0 Å². The molecular weight excluding hydrogens is 273 g/mol. The number of hydrogen-bond acceptors (Lipinski definition) is 1.